The molecule has 7 nitrogen and oxygen atoms in total. The van der Waals surface area contributed by atoms with Crippen LogP contribution in [0.4, 0.5) is 28.7 Å². The number of hydrogen-bond acceptors (Lipinski definition) is 6. The van der Waals surface area contributed by atoms with Crippen LogP contribution < -0.4 is 16.0 Å². The van der Waals surface area contributed by atoms with Gasteiger partial charge >= 0.3 is 0 Å². The second-order valence-electron chi connectivity index (χ2n) is 6.57. The van der Waals surface area contributed by atoms with Crippen molar-refractivity contribution in [1.82, 2.24) is 15.0 Å². The van der Waals surface area contributed by atoms with E-state index in [-0.39, 0.29) is 5.91 Å². The van der Waals surface area contributed by atoms with E-state index in [1.54, 1.807) is 6.20 Å². The summed E-state index contributed by atoms with van der Waals surface area (Å²) in [5, 5.41) is 10.4. The van der Waals surface area contributed by atoms with Crippen molar-refractivity contribution in [2.24, 2.45) is 0 Å². The number of nitrogens with one attached hydrogen (secondary N) is 3. The molecular formula is C22H20N6O. The molecule has 144 valence electrons. The first-order valence-corrected chi connectivity index (χ1v) is 9.18. The van der Waals surface area contributed by atoms with Gasteiger partial charge < -0.3 is 16.0 Å². The zero-order valence-corrected chi connectivity index (χ0v) is 16.1. The number of aromatic nitrogens is 3. The molecule has 0 aliphatic carbocycles. The summed E-state index contributed by atoms with van der Waals surface area (Å²) < 4.78 is 0. The fourth-order valence-corrected chi connectivity index (χ4v) is 3.03. The molecule has 2 heterocycles. The van der Waals surface area contributed by atoms with E-state index in [4.69, 9.17) is 0 Å². The molecular weight excluding hydrogens is 364 g/mol. The van der Waals surface area contributed by atoms with E-state index >= 15 is 0 Å². The molecule has 0 saturated carbocycles. The highest BCUT2D eigenvalue weighted by Crippen LogP contribution is 2.25. The Balaban J connectivity index is 1.57. The number of benzene rings is 2. The van der Waals surface area contributed by atoms with E-state index < -0.39 is 0 Å². The summed E-state index contributed by atoms with van der Waals surface area (Å²) in [6.07, 6.45) is 1.77. The number of nitrogens with zero attached hydrogens (tertiary/aromatic N) is 3. The van der Waals surface area contributed by atoms with Gasteiger partial charge in [-0.25, -0.2) is 9.97 Å². The summed E-state index contributed by atoms with van der Waals surface area (Å²) in [5.74, 6) is 1.88. The first-order valence-electron chi connectivity index (χ1n) is 9.18. The molecule has 0 aliphatic rings. The first-order chi connectivity index (χ1) is 14.1. The lowest BCUT2D eigenvalue weighted by atomic mass is 10.2. The second kappa shape index (κ2) is 7.93. The molecule has 7 heteroatoms. The molecule has 0 unspecified atom stereocenters. The summed E-state index contributed by atoms with van der Waals surface area (Å²) >= 11 is 0. The Morgan fingerprint density at radius 1 is 0.862 bits per heavy atom. The first kappa shape index (κ1) is 18.4. The lowest BCUT2D eigenvalue weighted by Crippen LogP contribution is -2.05. The Hall–Kier alpha value is -4.00. The van der Waals surface area contributed by atoms with Crippen molar-refractivity contribution in [2.45, 2.75) is 13.8 Å². The van der Waals surface area contributed by atoms with Crippen molar-refractivity contribution in [3.63, 3.8) is 0 Å². The molecule has 4 rings (SSSR count). The Morgan fingerprint density at radius 3 is 2.31 bits per heavy atom. The molecule has 0 bridgehead atoms. The summed E-state index contributed by atoms with van der Waals surface area (Å²) in [5.41, 5.74) is 3.36. The van der Waals surface area contributed by atoms with Crippen LogP contribution in [-0.4, -0.2) is 20.9 Å². The zero-order chi connectivity index (χ0) is 20.2. The van der Waals surface area contributed by atoms with Crippen molar-refractivity contribution >= 4 is 45.5 Å². The van der Waals surface area contributed by atoms with Crippen LogP contribution in [0.25, 0.3) is 10.9 Å². The minimum Gasteiger partial charge on any atom is -0.340 e. The van der Waals surface area contributed by atoms with Gasteiger partial charge in [-0.1, -0.05) is 18.2 Å². The van der Waals surface area contributed by atoms with Gasteiger partial charge in [-0.2, -0.15) is 0 Å². The standard InChI is InChI=1S/C22H20N6O/c1-14-24-20(27-18-10-8-17(9-11-18)26-15(2)29)13-21(25-14)28-19-7-3-5-16-6-4-12-23-22(16)19/h3-13H,1-2H3,(H,26,29)(H2,24,25,27,28). The number of carbonyl (C=O) groups excluding carboxylic acids is 1. The van der Waals surface area contributed by atoms with Gasteiger partial charge in [0.25, 0.3) is 0 Å². The van der Waals surface area contributed by atoms with E-state index in [0.717, 1.165) is 28.0 Å². The third kappa shape index (κ3) is 4.47. The van der Waals surface area contributed by atoms with Crippen molar-refractivity contribution in [3.05, 3.63) is 72.7 Å². The quantitative estimate of drug-likeness (QED) is 0.459. The number of pyridine rings is 1. The number of amides is 1. The lowest BCUT2D eigenvalue weighted by Gasteiger charge is -2.12. The van der Waals surface area contributed by atoms with Gasteiger partial charge in [0.05, 0.1) is 11.2 Å². The van der Waals surface area contributed by atoms with Crippen molar-refractivity contribution < 1.29 is 4.79 Å². The maximum Gasteiger partial charge on any atom is 0.221 e. The highest BCUT2D eigenvalue weighted by molar-refractivity contribution is 5.92. The van der Waals surface area contributed by atoms with E-state index in [1.807, 2.05) is 67.6 Å². The Kier molecular flexibility index (Phi) is 5.03. The number of fused-ring (bicyclic) bond motifs is 1. The lowest BCUT2D eigenvalue weighted by molar-refractivity contribution is -0.114. The molecule has 0 radical (unpaired) electrons. The summed E-state index contributed by atoms with van der Waals surface area (Å²) in [4.78, 5) is 24.6. The molecule has 0 atom stereocenters. The second-order valence-corrected chi connectivity index (χ2v) is 6.57. The molecule has 2 aromatic carbocycles. The third-order valence-electron chi connectivity index (χ3n) is 4.21. The zero-order valence-electron chi connectivity index (χ0n) is 16.1. The molecule has 0 spiro atoms. The monoisotopic (exact) mass is 384 g/mol. The van der Waals surface area contributed by atoms with Crippen LogP contribution in [0.2, 0.25) is 0 Å². The van der Waals surface area contributed by atoms with Crippen molar-refractivity contribution in [1.29, 1.82) is 0 Å². The smallest absolute Gasteiger partial charge is 0.221 e. The molecule has 0 fully saturated rings. The summed E-state index contributed by atoms with van der Waals surface area (Å²) in [7, 11) is 0. The fourth-order valence-electron chi connectivity index (χ4n) is 3.03. The van der Waals surface area contributed by atoms with Crippen LogP contribution in [0, 0.1) is 6.92 Å². The van der Waals surface area contributed by atoms with Gasteiger partial charge in [0.1, 0.15) is 17.5 Å². The average Bonchev–Trinajstić information content (AvgIpc) is 2.69. The topological polar surface area (TPSA) is 91.8 Å². The highest BCUT2D eigenvalue weighted by atomic mass is 16.1. The summed E-state index contributed by atoms with van der Waals surface area (Å²) in [6, 6.07) is 19.2. The van der Waals surface area contributed by atoms with E-state index in [2.05, 4.69) is 30.9 Å². The van der Waals surface area contributed by atoms with Crippen LogP contribution in [0.3, 0.4) is 0 Å². The maximum atomic E-state index is 11.1. The molecule has 0 saturated heterocycles. The SMILES string of the molecule is CC(=O)Nc1ccc(Nc2cc(Nc3cccc4cccnc34)nc(C)n2)cc1. The molecule has 4 aromatic rings. The van der Waals surface area contributed by atoms with Crippen molar-refractivity contribution in [2.75, 3.05) is 16.0 Å². The fraction of sp³-hybridized carbons (Fsp3) is 0.0909. The van der Waals surface area contributed by atoms with Gasteiger partial charge in [0, 0.05) is 35.9 Å². The molecule has 3 N–H and O–H groups in total. The third-order valence-corrected chi connectivity index (χ3v) is 4.21. The van der Waals surface area contributed by atoms with E-state index in [1.165, 1.54) is 6.92 Å². The number of aryl methyl sites for hydroxylation is 1. The predicted molar refractivity (Wildman–Crippen MR) is 116 cm³/mol. The molecule has 29 heavy (non-hydrogen) atoms. The van der Waals surface area contributed by atoms with E-state index in [0.29, 0.717) is 17.5 Å². The maximum absolute atomic E-state index is 11.1. The average molecular weight is 384 g/mol. The van der Waals surface area contributed by atoms with Gasteiger partial charge in [0.2, 0.25) is 5.91 Å². The number of rotatable bonds is 5. The van der Waals surface area contributed by atoms with Crippen LogP contribution in [-0.2, 0) is 4.79 Å². The largest absolute Gasteiger partial charge is 0.340 e. The van der Waals surface area contributed by atoms with Crippen LogP contribution >= 0.6 is 0 Å². The van der Waals surface area contributed by atoms with Crippen LogP contribution in [0.1, 0.15) is 12.7 Å². The number of hydrogen-bond donors (Lipinski definition) is 3. The van der Waals surface area contributed by atoms with Gasteiger partial charge in [-0.15, -0.1) is 0 Å². The molecule has 1 amide bonds. The minimum atomic E-state index is -0.101. The highest BCUT2D eigenvalue weighted by Gasteiger charge is 2.07. The molecule has 0 aliphatic heterocycles. The number of para-hydroxylation sites is 1. The number of carbonyl (C=O) groups is 1. The van der Waals surface area contributed by atoms with Crippen LogP contribution in [0.5, 0.6) is 0 Å². The normalized spacial score (nSPS) is 10.6. The Bertz CT molecular complexity index is 1170. The Labute approximate surface area is 168 Å². The van der Waals surface area contributed by atoms with Gasteiger partial charge in [-0.05, 0) is 43.3 Å². The molecule has 2 aromatic heterocycles. The summed E-state index contributed by atoms with van der Waals surface area (Å²) in [6.45, 7) is 3.33. The minimum absolute atomic E-state index is 0.101. The van der Waals surface area contributed by atoms with Gasteiger partial charge in [-0.3, -0.25) is 9.78 Å². The van der Waals surface area contributed by atoms with Crippen LogP contribution in [0.15, 0.2) is 66.9 Å². The van der Waals surface area contributed by atoms with Crippen molar-refractivity contribution in [3.8, 4) is 0 Å². The predicted octanol–water partition coefficient (Wildman–Crippen LogP) is 4.78. The number of anilines is 5. The van der Waals surface area contributed by atoms with Gasteiger partial charge in [0.15, 0.2) is 0 Å². The Morgan fingerprint density at radius 2 is 1.55 bits per heavy atom. The van der Waals surface area contributed by atoms with E-state index in [9.17, 15) is 4.79 Å².